The van der Waals surface area contributed by atoms with Crippen molar-refractivity contribution in [1.82, 2.24) is 14.7 Å². The van der Waals surface area contributed by atoms with Gasteiger partial charge in [0.2, 0.25) is 0 Å². The summed E-state index contributed by atoms with van der Waals surface area (Å²) >= 11 is 0. The Morgan fingerprint density at radius 2 is 2.31 bits per heavy atom. The van der Waals surface area contributed by atoms with Crippen molar-refractivity contribution < 1.29 is 0 Å². The van der Waals surface area contributed by atoms with Crippen molar-refractivity contribution in [1.29, 1.82) is 0 Å². The Kier molecular flexibility index (Phi) is 2.00. The summed E-state index contributed by atoms with van der Waals surface area (Å²) in [4.78, 5) is 2.34. The fourth-order valence-corrected chi connectivity index (χ4v) is 1.74. The second-order valence-electron chi connectivity index (χ2n) is 3.58. The van der Waals surface area contributed by atoms with Gasteiger partial charge in [0, 0.05) is 25.7 Å². The highest BCUT2D eigenvalue weighted by Crippen LogP contribution is 2.24. The van der Waals surface area contributed by atoms with Gasteiger partial charge in [-0.2, -0.15) is 5.10 Å². The summed E-state index contributed by atoms with van der Waals surface area (Å²) in [5, 5.41) is 7.50. The summed E-state index contributed by atoms with van der Waals surface area (Å²) in [6.45, 7) is 4.29. The van der Waals surface area contributed by atoms with Crippen LogP contribution in [0.5, 0.6) is 0 Å². The molecule has 0 radical (unpaired) electrons. The molecule has 0 bridgehead atoms. The van der Waals surface area contributed by atoms with Crippen LogP contribution in [-0.4, -0.2) is 35.3 Å². The second-order valence-corrected chi connectivity index (χ2v) is 3.58. The predicted molar refractivity (Wildman–Crippen MR) is 52.8 cm³/mol. The van der Waals surface area contributed by atoms with Gasteiger partial charge in [-0.05, 0) is 14.0 Å². The minimum Gasteiger partial charge on any atom is -0.372 e. The van der Waals surface area contributed by atoms with E-state index in [1.807, 2.05) is 7.05 Å². The highest BCUT2D eigenvalue weighted by Gasteiger charge is 2.22. The molecule has 0 aliphatic carbocycles. The van der Waals surface area contributed by atoms with Gasteiger partial charge in [-0.25, -0.2) is 0 Å². The Balaban J connectivity index is 2.36. The number of likely N-dealkylation sites (N-methyl/N-ethyl adjacent to an activating group) is 1. The molecule has 0 aromatic carbocycles. The molecule has 1 aliphatic rings. The van der Waals surface area contributed by atoms with Gasteiger partial charge in [0.05, 0.1) is 12.2 Å². The van der Waals surface area contributed by atoms with Crippen molar-refractivity contribution in [2.75, 3.05) is 26.0 Å². The van der Waals surface area contributed by atoms with Gasteiger partial charge in [0.15, 0.2) is 0 Å². The highest BCUT2D eigenvalue weighted by atomic mass is 15.4. The summed E-state index contributed by atoms with van der Waals surface area (Å²) in [5.74, 6) is 0.970. The molecule has 1 aromatic heterocycles. The Hall–Kier alpha value is -1.03. The van der Waals surface area contributed by atoms with E-state index < -0.39 is 0 Å². The molecule has 1 N–H and O–H groups in total. The zero-order chi connectivity index (χ0) is 9.42. The third-order valence-electron chi connectivity index (χ3n) is 2.82. The maximum atomic E-state index is 4.43. The fourth-order valence-electron chi connectivity index (χ4n) is 1.74. The van der Waals surface area contributed by atoms with E-state index in [9.17, 15) is 0 Å². The first-order chi connectivity index (χ1) is 6.22. The van der Waals surface area contributed by atoms with E-state index in [1.165, 1.54) is 5.69 Å². The molecule has 13 heavy (non-hydrogen) atoms. The second kappa shape index (κ2) is 3.03. The van der Waals surface area contributed by atoms with Crippen molar-refractivity contribution in [2.45, 2.75) is 19.5 Å². The number of nitrogens with one attached hydrogen (secondary N) is 1. The van der Waals surface area contributed by atoms with E-state index >= 15 is 0 Å². The average Bonchev–Trinajstić information content (AvgIpc) is 2.55. The van der Waals surface area contributed by atoms with Crippen LogP contribution in [0.2, 0.25) is 0 Å². The molecule has 1 atom stereocenters. The minimum absolute atomic E-state index is 0.475. The first-order valence-corrected chi connectivity index (χ1v) is 4.68. The summed E-state index contributed by atoms with van der Waals surface area (Å²) in [6.07, 6.45) is 0. The van der Waals surface area contributed by atoms with Crippen LogP contribution in [0.3, 0.4) is 0 Å². The Bertz CT molecular complexity index is 305. The van der Waals surface area contributed by atoms with Crippen molar-refractivity contribution in [2.24, 2.45) is 0 Å². The minimum atomic E-state index is 0.475. The number of hydrogen-bond acceptors (Lipinski definition) is 3. The number of rotatable bonds is 1. The van der Waals surface area contributed by atoms with Crippen molar-refractivity contribution in [3.05, 3.63) is 11.8 Å². The molecule has 0 spiro atoms. The smallest absolute Gasteiger partial charge is 0.148 e. The number of aromatic nitrogens is 2. The van der Waals surface area contributed by atoms with Gasteiger partial charge in [0.25, 0.3) is 0 Å². The summed E-state index contributed by atoms with van der Waals surface area (Å²) in [5.41, 5.74) is 1.30. The monoisotopic (exact) mass is 180 g/mol. The van der Waals surface area contributed by atoms with Crippen LogP contribution < -0.4 is 5.32 Å². The van der Waals surface area contributed by atoms with Crippen LogP contribution in [0, 0.1) is 0 Å². The van der Waals surface area contributed by atoms with Crippen LogP contribution in [0.1, 0.15) is 18.7 Å². The first kappa shape index (κ1) is 8.56. The maximum absolute atomic E-state index is 4.43. The molecule has 2 heterocycles. The van der Waals surface area contributed by atoms with E-state index in [1.54, 1.807) is 0 Å². The fraction of sp³-hybridized carbons (Fsp3) is 0.667. The molecule has 4 nitrogen and oxygen atoms in total. The average molecular weight is 180 g/mol. The molecular formula is C9H16N4. The van der Waals surface area contributed by atoms with E-state index in [0.717, 1.165) is 18.9 Å². The molecule has 0 saturated heterocycles. The molecule has 2 rings (SSSR count). The molecular weight excluding hydrogens is 164 g/mol. The van der Waals surface area contributed by atoms with Crippen LogP contribution in [0.15, 0.2) is 6.07 Å². The van der Waals surface area contributed by atoms with Crippen LogP contribution in [0.25, 0.3) is 0 Å². The van der Waals surface area contributed by atoms with Crippen LogP contribution >= 0.6 is 0 Å². The molecule has 1 aliphatic heterocycles. The normalized spacial score (nSPS) is 22.8. The largest absolute Gasteiger partial charge is 0.372 e. The summed E-state index contributed by atoms with van der Waals surface area (Å²) in [6, 6.07) is 2.60. The summed E-state index contributed by atoms with van der Waals surface area (Å²) in [7, 11) is 4.06. The number of nitrogens with zero attached hydrogens (tertiary/aromatic N) is 3. The summed E-state index contributed by atoms with van der Waals surface area (Å²) < 4.78 is 2.09. The third kappa shape index (κ3) is 1.31. The van der Waals surface area contributed by atoms with Gasteiger partial charge in [-0.1, -0.05) is 0 Å². The Morgan fingerprint density at radius 3 is 3.00 bits per heavy atom. The lowest BCUT2D eigenvalue weighted by atomic mass is 10.2. The van der Waals surface area contributed by atoms with E-state index in [2.05, 4.69) is 40.0 Å². The van der Waals surface area contributed by atoms with Gasteiger partial charge in [0.1, 0.15) is 5.82 Å². The SMILES string of the molecule is CNc1cc2n(n1)CCN(C)C2C. The molecule has 0 fully saturated rings. The lowest BCUT2D eigenvalue weighted by Gasteiger charge is -2.30. The lowest BCUT2D eigenvalue weighted by Crippen LogP contribution is -2.33. The standard InChI is InChI=1S/C9H16N4/c1-7-8-6-9(10-2)11-13(8)5-4-12(7)3/h6-7H,4-5H2,1-3H3,(H,10,11). The topological polar surface area (TPSA) is 33.1 Å². The highest BCUT2D eigenvalue weighted by molar-refractivity contribution is 5.36. The van der Waals surface area contributed by atoms with E-state index in [4.69, 9.17) is 0 Å². The van der Waals surface area contributed by atoms with Crippen molar-refractivity contribution >= 4 is 5.82 Å². The number of hydrogen-bond donors (Lipinski definition) is 1. The maximum Gasteiger partial charge on any atom is 0.148 e. The lowest BCUT2D eigenvalue weighted by molar-refractivity contribution is 0.203. The third-order valence-corrected chi connectivity index (χ3v) is 2.82. The quantitative estimate of drug-likeness (QED) is 0.698. The van der Waals surface area contributed by atoms with Gasteiger partial charge in [-0.15, -0.1) is 0 Å². The molecule has 72 valence electrons. The molecule has 0 saturated carbocycles. The zero-order valence-electron chi connectivity index (χ0n) is 8.41. The first-order valence-electron chi connectivity index (χ1n) is 4.68. The molecule has 1 aromatic rings. The predicted octanol–water partition coefficient (Wildman–Crippen LogP) is 0.931. The zero-order valence-corrected chi connectivity index (χ0v) is 8.41. The Morgan fingerprint density at radius 1 is 1.54 bits per heavy atom. The van der Waals surface area contributed by atoms with Gasteiger partial charge >= 0.3 is 0 Å². The van der Waals surface area contributed by atoms with Crippen LogP contribution in [-0.2, 0) is 6.54 Å². The van der Waals surface area contributed by atoms with E-state index in [-0.39, 0.29) is 0 Å². The molecule has 1 unspecified atom stereocenters. The number of fused-ring (bicyclic) bond motifs is 1. The number of anilines is 1. The van der Waals surface area contributed by atoms with Gasteiger partial charge in [-0.3, -0.25) is 9.58 Å². The molecule has 4 heteroatoms. The molecule has 0 amide bonds. The van der Waals surface area contributed by atoms with Gasteiger partial charge < -0.3 is 5.32 Å². The van der Waals surface area contributed by atoms with Crippen LogP contribution in [0.4, 0.5) is 5.82 Å². The van der Waals surface area contributed by atoms with E-state index in [0.29, 0.717) is 6.04 Å². The van der Waals surface area contributed by atoms with Crippen molar-refractivity contribution in [3.8, 4) is 0 Å². The Labute approximate surface area is 78.5 Å². The van der Waals surface area contributed by atoms with Crippen molar-refractivity contribution in [3.63, 3.8) is 0 Å².